The third-order valence-corrected chi connectivity index (χ3v) is 12.1. The van der Waals surface area contributed by atoms with Crippen molar-refractivity contribution in [1.29, 1.82) is 0 Å². The molecule has 3 heteroatoms. The number of benzene rings is 6. The summed E-state index contributed by atoms with van der Waals surface area (Å²) in [6.07, 6.45) is 16.9. The van der Waals surface area contributed by atoms with E-state index in [1.807, 2.05) is 0 Å². The first kappa shape index (κ1) is 31.2. The van der Waals surface area contributed by atoms with Crippen molar-refractivity contribution in [2.75, 3.05) is 4.90 Å². The molecule has 3 aliphatic rings. The minimum absolute atomic E-state index is 0.130. The predicted molar refractivity (Wildman–Crippen MR) is 228 cm³/mol. The number of fused-ring (bicyclic) bond motifs is 13. The van der Waals surface area contributed by atoms with Crippen LogP contribution in [-0.4, -0.2) is 10.5 Å². The van der Waals surface area contributed by atoms with E-state index < -0.39 is 0 Å². The van der Waals surface area contributed by atoms with Crippen LogP contribution in [0.5, 0.6) is 5.75 Å². The van der Waals surface area contributed by atoms with Crippen LogP contribution in [0.3, 0.4) is 0 Å². The normalized spacial score (nSPS) is 16.9. The molecule has 0 saturated heterocycles. The first-order valence-corrected chi connectivity index (χ1v) is 19.4. The molecule has 0 radical (unpaired) electrons. The van der Waals surface area contributed by atoms with E-state index in [1.54, 1.807) is 0 Å². The van der Waals surface area contributed by atoms with Gasteiger partial charge in [-0.25, -0.2) is 0 Å². The Morgan fingerprint density at radius 2 is 1.61 bits per heavy atom. The van der Waals surface area contributed by atoms with Crippen molar-refractivity contribution in [1.82, 2.24) is 4.40 Å². The number of para-hydroxylation sites is 3. The molecule has 11 rings (SSSR count). The van der Waals surface area contributed by atoms with Gasteiger partial charge in [0.05, 0.1) is 11.0 Å². The van der Waals surface area contributed by atoms with E-state index in [0.717, 1.165) is 54.9 Å². The van der Waals surface area contributed by atoms with Crippen LogP contribution in [0.4, 0.5) is 11.4 Å². The average molecular weight is 697 g/mol. The highest BCUT2D eigenvalue weighted by atomic mass is 16.5. The molecule has 54 heavy (non-hydrogen) atoms. The first-order chi connectivity index (χ1) is 26.7. The van der Waals surface area contributed by atoms with Crippen molar-refractivity contribution in [3.05, 3.63) is 180 Å². The molecule has 1 unspecified atom stereocenters. The number of hydrogen-bond donors (Lipinski definition) is 0. The second kappa shape index (κ2) is 12.1. The third kappa shape index (κ3) is 4.54. The second-order valence-corrected chi connectivity index (χ2v) is 15.0. The van der Waals surface area contributed by atoms with Crippen LogP contribution in [0.1, 0.15) is 49.4 Å². The van der Waals surface area contributed by atoms with Crippen molar-refractivity contribution >= 4 is 71.8 Å². The van der Waals surface area contributed by atoms with Crippen LogP contribution in [0.25, 0.3) is 60.4 Å². The summed E-state index contributed by atoms with van der Waals surface area (Å²) in [5.74, 6) is 1.01. The zero-order valence-electron chi connectivity index (χ0n) is 30.5. The van der Waals surface area contributed by atoms with Crippen molar-refractivity contribution in [2.45, 2.75) is 45.1 Å². The molecule has 8 aromatic rings. The minimum Gasteiger partial charge on any atom is -0.485 e. The lowest BCUT2D eigenvalue weighted by atomic mass is 9.83. The van der Waals surface area contributed by atoms with Crippen LogP contribution in [-0.2, 0) is 6.42 Å². The Kier molecular flexibility index (Phi) is 7.00. The van der Waals surface area contributed by atoms with E-state index in [2.05, 4.69) is 162 Å². The van der Waals surface area contributed by atoms with Crippen molar-refractivity contribution in [3.8, 4) is 5.75 Å². The fourth-order valence-electron chi connectivity index (χ4n) is 9.76. The average Bonchev–Trinajstić information content (AvgIpc) is 3.89. The third-order valence-electron chi connectivity index (χ3n) is 12.1. The number of hydrogen-bond acceptors (Lipinski definition) is 2. The zero-order chi connectivity index (χ0) is 35.9. The van der Waals surface area contributed by atoms with E-state index in [-0.39, 0.29) is 6.10 Å². The number of ether oxygens (including phenoxy) is 1. The topological polar surface area (TPSA) is 16.9 Å². The highest BCUT2D eigenvalue weighted by Crippen LogP contribution is 2.48. The lowest BCUT2D eigenvalue weighted by molar-refractivity contribution is 0.255. The molecule has 0 bridgehead atoms. The maximum Gasteiger partial charge on any atom is 0.127 e. The molecule has 1 aliphatic heterocycles. The standard InChI is InChI=1S/C51H40N2O/c1-3-33(37-19-13-23-48-49(37)41-18-9-12-22-47(41)54-48)25-24-32(2)52(35-14-5-4-6-15-35)36-28-26-34-27-29-39-43(42(34)30-36)31-44-38-16-7-10-20-45(38)53-46-21-11-8-17-40(46)50(39)51(44)53/h3-9,11-12,14-18,21-22,24-31,48H,2,10,13,19-20,23H2,1H3/b25-24-,33-3+. The van der Waals surface area contributed by atoms with Crippen LogP contribution >= 0.6 is 0 Å². The fourth-order valence-corrected chi connectivity index (χ4v) is 9.76. The molecule has 0 fully saturated rings. The summed E-state index contributed by atoms with van der Waals surface area (Å²) >= 11 is 0. The summed E-state index contributed by atoms with van der Waals surface area (Å²) in [5.41, 5.74) is 13.8. The lowest BCUT2D eigenvalue weighted by Gasteiger charge is -2.27. The number of allylic oxidation sites excluding steroid dienone is 6. The zero-order valence-corrected chi connectivity index (χ0v) is 30.5. The van der Waals surface area contributed by atoms with Crippen molar-refractivity contribution in [3.63, 3.8) is 0 Å². The van der Waals surface area contributed by atoms with E-state index in [0.29, 0.717) is 0 Å². The fraction of sp³-hybridized carbons (Fsp3) is 0.137. The molecule has 3 nitrogen and oxygen atoms in total. The lowest BCUT2D eigenvalue weighted by Crippen LogP contribution is -2.18. The predicted octanol–water partition coefficient (Wildman–Crippen LogP) is 13.5. The highest BCUT2D eigenvalue weighted by molar-refractivity contribution is 6.30. The number of aryl methyl sites for hydroxylation is 1. The molecule has 260 valence electrons. The van der Waals surface area contributed by atoms with Gasteiger partial charge >= 0.3 is 0 Å². The van der Waals surface area contributed by atoms with E-state index in [9.17, 15) is 0 Å². The number of aromatic nitrogens is 1. The van der Waals surface area contributed by atoms with Crippen molar-refractivity contribution < 1.29 is 4.74 Å². The molecule has 0 N–H and O–H groups in total. The largest absolute Gasteiger partial charge is 0.485 e. The molecule has 0 spiro atoms. The molecular formula is C51H40N2O. The Hall–Kier alpha value is -6.32. The summed E-state index contributed by atoms with van der Waals surface area (Å²) in [7, 11) is 0. The Morgan fingerprint density at radius 1 is 0.778 bits per heavy atom. The molecule has 0 saturated carbocycles. The van der Waals surface area contributed by atoms with Crippen molar-refractivity contribution in [2.24, 2.45) is 0 Å². The SMILES string of the molecule is C=C(/C=C\C(=C/C)C1=C2c3ccccc3OC2CCC1)N(c1ccccc1)c1ccc2ccc3c(cc4c5c(n6c7ccccc7c3c46)CCC=C5)c2c1. The molecule has 1 atom stereocenters. The van der Waals surface area contributed by atoms with E-state index in [1.165, 1.54) is 82.3 Å². The number of rotatable bonds is 6. The van der Waals surface area contributed by atoms with E-state index in [4.69, 9.17) is 11.3 Å². The van der Waals surface area contributed by atoms with Crippen LogP contribution in [0, 0.1) is 0 Å². The Balaban J connectivity index is 1.07. The van der Waals surface area contributed by atoms with E-state index >= 15 is 0 Å². The van der Waals surface area contributed by atoms with Gasteiger partial charge in [-0.1, -0.05) is 104 Å². The molecule has 2 aromatic heterocycles. The first-order valence-electron chi connectivity index (χ1n) is 19.4. The molecule has 6 aromatic carbocycles. The van der Waals surface area contributed by atoms with Gasteiger partial charge in [-0.2, -0.15) is 0 Å². The monoisotopic (exact) mass is 696 g/mol. The Bertz CT molecular complexity index is 2970. The van der Waals surface area contributed by atoms with Gasteiger partial charge < -0.3 is 14.0 Å². The number of nitrogens with zero attached hydrogens (tertiary/aromatic N) is 2. The minimum atomic E-state index is 0.130. The maximum absolute atomic E-state index is 6.42. The van der Waals surface area contributed by atoms with Gasteiger partial charge in [0.15, 0.2) is 0 Å². The Labute approximate surface area is 315 Å². The van der Waals surface area contributed by atoms with Gasteiger partial charge in [0.25, 0.3) is 0 Å². The maximum atomic E-state index is 6.42. The van der Waals surface area contributed by atoms with Gasteiger partial charge in [0.1, 0.15) is 11.9 Å². The summed E-state index contributed by atoms with van der Waals surface area (Å²) in [6.45, 7) is 6.85. The molecule has 2 aliphatic carbocycles. The van der Waals surface area contributed by atoms with Crippen LogP contribution < -0.4 is 9.64 Å². The highest BCUT2D eigenvalue weighted by Gasteiger charge is 2.34. The molecule has 3 heterocycles. The van der Waals surface area contributed by atoms with Gasteiger partial charge in [-0.3, -0.25) is 0 Å². The molecular weight excluding hydrogens is 657 g/mol. The van der Waals surface area contributed by atoms with Crippen LogP contribution in [0.15, 0.2) is 163 Å². The quantitative estimate of drug-likeness (QED) is 0.127. The Morgan fingerprint density at radius 3 is 2.52 bits per heavy atom. The van der Waals surface area contributed by atoms with Gasteiger partial charge in [0.2, 0.25) is 0 Å². The summed E-state index contributed by atoms with van der Waals surface area (Å²) in [5, 5.41) is 9.11. The van der Waals surface area contributed by atoms with Crippen LogP contribution in [0.2, 0.25) is 0 Å². The molecule has 0 amide bonds. The summed E-state index contributed by atoms with van der Waals surface area (Å²) in [6, 6.07) is 42.1. The van der Waals surface area contributed by atoms with Gasteiger partial charge in [0, 0.05) is 55.6 Å². The second-order valence-electron chi connectivity index (χ2n) is 15.0. The van der Waals surface area contributed by atoms with Gasteiger partial charge in [-0.15, -0.1) is 0 Å². The number of anilines is 2. The van der Waals surface area contributed by atoms with Gasteiger partial charge in [-0.05, 0) is 120 Å². The summed E-state index contributed by atoms with van der Waals surface area (Å²) < 4.78 is 8.97. The smallest absolute Gasteiger partial charge is 0.127 e. The summed E-state index contributed by atoms with van der Waals surface area (Å²) in [4.78, 5) is 2.30.